The van der Waals surface area contributed by atoms with Crippen molar-refractivity contribution in [1.29, 1.82) is 0 Å². The fourth-order valence-electron chi connectivity index (χ4n) is 1.53. The molecular formula is C13H13NO3S2. The summed E-state index contributed by atoms with van der Waals surface area (Å²) in [6.07, 6.45) is 0.907. The van der Waals surface area contributed by atoms with Crippen LogP contribution in [0.3, 0.4) is 0 Å². The summed E-state index contributed by atoms with van der Waals surface area (Å²) >= 11 is 2.70. The first-order valence-corrected chi connectivity index (χ1v) is 7.41. The summed E-state index contributed by atoms with van der Waals surface area (Å²) in [5.41, 5.74) is 0.494. The number of hydrogen-bond acceptors (Lipinski definition) is 5. The van der Waals surface area contributed by atoms with Gasteiger partial charge in [0.2, 0.25) is 0 Å². The predicted molar refractivity (Wildman–Crippen MR) is 77.3 cm³/mol. The zero-order valence-corrected chi connectivity index (χ0v) is 12.2. The van der Waals surface area contributed by atoms with Crippen LogP contribution in [0.15, 0.2) is 23.6 Å². The highest BCUT2D eigenvalue weighted by Crippen LogP contribution is 2.25. The van der Waals surface area contributed by atoms with E-state index in [0.717, 1.165) is 11.3 Å². The Kier molecular flexibility index (Phi) is 4.34. The molecule has 0 aliphatic carbocycles. The number of thiophene rings is 2. The van der Waals surface area contributed by atoms with Gasteiger partial charge in [-0.1, -0.05) is 6.92 Å². The molecule has 1 N–H and O–H groups in total. The zero-order valence-electron chi connectivity index (χ0n) is 10.6. The molecule has 1 amide bonds. The van der Waals surface area contributed by atoms with Gasteiger partial charge >= 0.3 is 5.97 Å². The molecule has 0 aromatic carbocycles. The molecule has 0 bridgehead atoms. The van der Waals surface area contributed by atoms with E-state index < -0.39 is 5.97 Å². The van der Waals surface area contributed by atoms with Crippen molar-refractivity contribution in [2.24, 2.45) is 0 Å². The summed E-state index contributed by atoms with van der Waals surface area (Å²) < 4.78 is 4.67. The smallest absolute Gasteiger partial charge is 0.350 e. The molecule has 0 atom stereocenters. The van der Waals surface area contributed by atoms with Crippen molar-refractivity contribution in [3.8, 4) is 0 Å². The average Bonchev–Trinajstić information content (AvgIpc) is 3.06. The number of methoxy groups -OCH3 is 1. The first-order valence-electron chi connectivity index (χ1n) is 5.71. The van der Waals surface area contributed by atoms with E-state index in [9.17, 15) is 9.59 Å². The van der Waals surface area contributed by atoms with Gasteiger partial charge in [-0.25, -0.2) is 4.79 Å². The van der Waals surface area contributed by atoms with Crippen LogP contribution in [0.5, 0.6) is 0 Å². The number of anilines is 1. The normalized spacial score (nSPS) is 10.2. The summed E-state index contributed by atoms with van der Waals surface area (Å²) in [6, 6.07) is 5.43. The van der Waals surface area contributed by atoms with Gasteiger partial charge in [0, 0.05) is 4.88 Å². The third kappa shape index (κ3) is 3.02. The standard InChI is InChI=1S/C13H13NO3S2/c1-3-8-4-5-10(19-8)12(15)14-9-6-7-18-11(9)13(16)17-2/h4-7H,3H2,1-2H3,(H,14,15). The molecule has 4 nitrogen and oxygen atoms in total. The summed E-state index contributed by atoms with van der Waals surface area (Å²) in [5, 5.41) is 4.48. The van der Waals surface area contributed by atoms with Crippen LogP contribution in [0.1, 0.15) is 31.1 Å². The summed E-state index contributed by atoms with van der Waals surface area (Å²) in [4.78, 5) is 25.8. The lowest BCUT2D eigenvalue weighted by Crippen LogP contribution is -2.12. The van der Waals surface area contributed by atoms with E-state index in [0.29, 0.717) is 15.4 Å². The molecule has 19 heavy (non-hydrogen) atoms. The summed E-state index contributed by atoms with van der Waals surface area (Å²) in [7, 11) is 1.32. The van der Waals surface area contributed by atoms with E-state index >= 15 is 0 Å². The lowest BCUT2D eigenvalue weighted by atomic mass is 10.3. The number of carbonyl (C=O) groups excluding carboxylic acids is 2. The zero-order chi connectivity index (χ0) is 13.8. The van der Waals surface area contributed by atoms with Gasteiger partial charge in [-0.05, 0) is 30.0 Å². The minimum absolute atomic E-state index is 0.201. The average molecular weight is 295 g/mol. The third-order valence-corrected chi connectivity index (χ3v) is 4.64. The van der Waals surface area contributed by atoms with Crippen LogP contribution in [0, 0.1) is 0 Å². The van der Waals surface area contributed by atoms with Crippen molar-refractivity contribution in [2.75, 3.05) is 12.4 Å². The molecule has 2 aromatic heterocycles. The van der Waals surface area contributed by atoms with Crippen LogP contribution in [0.4, 0.5) is 5.69 Å². The Morgan fingerprint density at radius 3 is 2.74 bits per heavy atom. The minimum atomic E-state index is -0.439. The van der Waals surface area contributed by atoms with Crippen molar-refractivity contribution in [3.63, 3.8) is 0 Å². The fourth-order valence-corrected chi connectivity index (χ4v) is 3.14. The maximum Gasteiger partial charge on any atom is 0.350 e. The van der Waals surface area contributed by atoms with E-state index in [1.54, 1.807) is 17.5 Å². The molecule has 100 valence electrons. The van der Waals surface area contributed by atoms with Gasteiger partial charge in [-0.3, -0.25) is 4.79 Å². The lowest BCUT2D eigenvalue weighted by Gasteiger charge is -2.03. The number of carbonyl (C=O) groups is 2. The van der Waals surface area contributed by atoms with Crippen molar-refractivity contribution >= 4 is 40.2 Å². The summed E-state index contributed by atoms with van der Waals surface area (Å²) in [5.74, 6) is -0.640. The van der Waals surface area contributed by atoms with Crippen LogP contribution in [0.2, 0.25) is 0 Å². The maximum atomic E-state index is 12.1. The molecule has 2 heterocycles. The second kappa shape index (κ2) is 5.99. The third-order valence-electron chi connectivity index (χ3n) is 2.52. The van der Waals surface area contributed by atoms with Gasteiger partial charge in [0.05, 0.1) is 17.7 Å². The number of rotatable bonds is 4. The van der Waals surface area contributed by atoms with E-state index in [1.807, 2.05) is 13.0 Å². The van der Waals surface area contributed by atoms with Crippen LogP contribution in [0.25, 0.3) is 0 Å². The SMILES string of the molecule is CCc1ccc(C(=O)Nc2ccsc2C(=O)OC)s1. The summed E-state index contributed by atoms with van der Waals surface area (Å²) in [6.45, 7) is 2.04. The first-order chi connectivity index (χ1) is 9.15. The minimum Gasteiger partial charge on any atom is -0.465 e. The predicted octanol–water partition coefficient (Wildman–Crippen LogP) is 3.41. The Bertz CT molecular complexity index is 601. The van der Waals surface area contributed by atoms with E-state index in [1.165, 1.54) is 29.8 Å². The Hall–Kier alpha value is -1.66. The number of nitrogens with one attached hydrogen (secondary N) is 1. The number of amides is 1. The molecule has 0 saturated heterocycles. The van der Waals surface area contributed by atoms with Gasteiger partial charge in [-0.15, -0.1) is 22.7 Å². The Morgan fingerprint density at radius 2 is 2.11 bits per heavy atom. The van der Waals surface area contributed by atoms with Gasteiger partial charge < -0.3 is 10.1 Å². The molecule has 0 fully saturated rings. The molecule has 2 aromatic rings. The molecule has 0 spiro atoms. The van der Waals surface area contributed by atoms with Gasteiger partial charge in [0.25, 0.3) is 5.91 Å². The molecule has 2 rings (SSSR count). The van der Waals surface area contributed by atoms with Crippen molar-refractivity contribution in [3.05, 3.63) is 38.2 Å². The Balaban J connectivity index is 2.15. The largest absolute Gasteiger partial charge is 0.465 e. The first kappa shape index (κ1) is 13.8. The van der Waals surface area contributed by atoms with Crippen LogP contribution in [-0.2, 0) is 11.2 Å². The molecule has 0 aliphatic rings. The topological polar surface area (TPSA) is 55.4 Å². The van der Waals surface area contributed by atoms with E-state index in [2.05, 4.69) is 10.1 Å². The number of aryl methyl sites for hydroxylation is 1. The monoisotopic (exact) mass is 295 g/mol. The highest BCUT2D eigenvalue weighted by Gasteiger charge is 2.17. The number of ether oxygens (including phenoxy) is 1. The molecule has 0 radical (unpaired) electrons. The number of hydrogen-bond donors (Lipinski definition) is 1. The van der Waals surface area contributed by atoms with Gasteiger partial charge in [0.15, 0.2) is 0 Å². The Labute approximate surface area is 119 Å². The van der Waals surface area contributed by atoms with Gasteiger partial charge in [-0.2, -0.15) is 0 Å². The maximum absolute atomic E-state index is 12.1. The highest BCUT2D eigenvalue weighted by atomic mass is 32.1. The lowest BCUT2D eigenvalue weighted by molar-refractivity contribution is 0.0607. The van der Waals surface area contributed by atoms with E-state index in [-0.39, 0.29) is 5.91 Å². The molecule has 0 aliphatic heterocycles. The van der Waals surface area contributed by atoms with E-state index in [4.69, 9.17) is 0 Å². The molecule has 0 saturated carbocycles. The van der Waals surface area contributed by atoms with Crippen LogP contribution < -0.4 is 5.32 Å². The highest BCUT2D eigenvalue weighted by molar-refractivity contribution is 7.14. The Morgan fingerprint density at radius 1 is 1.32 bits per heavy atom. The molecule has 6 heteroatoms. The van der Waals surface area contributed by atoms with Crippen molar-refractivity contribution in [2.45, 2.75) is 13.3 Å². The fraction of sp³-hybridized carbons (Fsp3) is 0.231. The van der Waals surface area contributed by atoms with Crippen molar-refractivity contribution in [1.82, 2.24) is 0 Å². The molecular weight excluding hydrogens is 282 g/mol. The second-order valence-corrected chi connectivity index (χ2v) is 5.81. The van der Waals surface area contributed by atoms with Crippen LogP contribution >= 0.6 is 22.7 Å². The number of esters is 1. The second-order valence-electron chi connectivity index (χ2n) is 3.73. The van der Waals surface area contributed by atoms with Gasteiger partial charge in [0.1, 0.15) is 4.88 Å². The quantitative estimate of drug-likeness (QED) is 0.879. The van der Waals surface area contributed by atoms with Crippen LogP contribution in [-0.4, -0.2) is 19.0 Å². The van der Waals surface area contributed by atoms with Crippen molar-refractivity contribution < 1.29 is 14.3 Å². The molecule has 0 unspecified atom stereocenters.